The molecule has 1 aliphatic heterocycles. The molecule has 0 unspecified atom stereocenters. The van der Waals surface area contributed by atoms with Crippen LogP contribution in [0, 0.1) is 6.92 Å². The fraction of sp³-hybridized carbons (Fsp3) is 0.538. The maximum Gasteiger partial charge on any atom is 0.339 e. The molecule has 1 fully saturated rings. The van der Waals surface area contributed by atoms with Crippen LogP contribution in [0.2, 0.25) is 0 Å². The highest BCUT2D eigenvalue weighted by Crippen LogP contribution is 2.16. The lowest BCUT2D eigenvalue weighted by molar-refractivity contribution is 0.0599. The zero-order valence-corrected chi connectivity index (χ0v) is 10.9. The van der Waals surface area contributed by atoms with E-state index < -0.39 is 0 Å². The fourth-order valence-corrected chi connectivity index (χ4v) is 2.12. The Labute approximate surface area is 107 Å². The number of hydrogen-bond donors (Lipinski definition) is 1. The number of nitrogens with zero attached hydrogens (tertiary/aromatic N) is 2. The number of aromatic nitrogens is 1. The highest BCUT2D eigenvalue weighted by Gasteiger charge is 2.14. The van der Waals surface area contributed by atoms with Crippen molar-refractivity contribution in [1.29, 1.82) is 0 Å². The average molecular weight is 249 g/mol. The molecule has 0 saturated carbocycles. The van der Waals surface area contributed by atoms with E-state index in [-0.39, 0.29) is 5.97 Å². The standard InChI is InChI=1S/C13H19N3O2/c1-10-11(13(17)18-2)4-5-12(15-10)16-8-3-6-14-7-9-16/h4-5,14H,3,6-9H2,1-2H3. The Morgan fingerprint density at radius 2 is 2.22 bits per heavy atom. The van der Waals surface area contributed by atoms with E-state index in [1.54, 1.807) is 6.07 Å². The van der Waals surface area contributed by atoms with Crippen molar-refractivity contribution in [3.05, 3.63) is 23.4 Å². The van der Waals surface area contributed by atoms with Gasteiger partial charge in [-0.3, -0.25) is 0 Å². The highest BCUT2D eigenvalue weighted by atomic mass is 16.5. The van der Waals surface area contributed by atoms with Gasteiger partial charge in [0.05, 0.1) is 18.4 Å². The summed E-state index contributed by atoms with van der Waals surface area (Å²) < 4.78 is 4.72. The average Bonchev–Trinajstić information content (AvgIpc) is 2.66. The molecule has 5 heteroatoms. The topological polar surface area (TPSA) is 54.5 Å². The molecule has 1 N–H and O–H groups in total. The van der Waals surface area contributed by atoms with Gasteiger partial charge in [0.25, 0.3) is 0 Å². The van der Waals surface area contributed by atoms with Crippen molar-refractivity contribution >= 4 is 11.8 Å². The van der Waals surface area contributed by atoms with Crippen LogP contribution in [0.5, 0.6) is 0 Å². The summed E-state index contributed by atoms with van der Waals surface area (Å²) in [5, 5.41) is 3.36. The molecule has 2 heterocycles. The Balaban J connectivity index is 2.19. The van der Waals surface area contributed by atoms with Gasteiger partial charge in [0, 0.05) is 19.6 Å². The third-order valence-electron chi connectivity index (χ3n) is 3.14. The molecular weight excluding hydrogens is 230 g/mol. The van der Waals surface area contributed by atoms with Crippen LogP contribution in [0.1, 0.15) is 22.5 Å². The van der Waals surface area contributed by atoms with Crippen LogP contribution in [0.25, 0.3) is 0 Å². The van der Waals surface area contributed by atoms with Crippen LogP contribution in [-0.4, -0.2) is 44.2 Å². The number of carbonyl (C=O) groups excluding carboxylic acids is 1. The number of aryl methyl sites for hydroxylation is 1. The monoisotopic (exact) mass is 249 g/mol. The molecule has 18 heavy (non-hydrogen) atoms. The largest absolute Gasteiger partial charge is 0.465 e. The Hall–Kier alpha value is -1.62. The molecule has 0 aliphatic carbocycles. The molecule has 0 spiro atoms. The number of hydrogen-bond acceptors (Lipinski definition) is 5. The van der Waals surface area contributed by atoms with Crippen molar-refractivity contribution in [2.75, 3.05) is 38.2 Å². The predicted octanol–water partition coefficient (Wildman–Crippen LogP) is 0.976. The van der Waals surface area contributed by atoms with Crippen LogP contribution in [0.3, 0.4) is 0 Å². The Morgan fingerprint density at radius 3 is 2.94 bits per heavy atom. The number of pyridine rings is 1. The van der Waals surface area contributed by atoms with E-state index in [1.807, 2.05) is 13.0 Å². The van der Waals surface area contributed by atoms with E-state index in [0.717, 1.165) is 44.1 Å². The quantitative estimate of drug-likeness (QED) is 0.792. The number of rotatable bonds is 2. The van der Waals surface area contributed by atoms with Gasteiger partial charge in [-0.1, -0.05) is 0 Å². The van der Waals surface area contributed by atoms with Crippen LogP contribution in [0.4, 0.5) is 5.82 Å². The second kappa shape index (κ2) is 5.82. The zero-order chi connectivity index (χ0) is 13.0. The van der Waals surface area contributed by atoms with Crippen LogP contribution < -0.4 is 10.2 Å². The van der Waals surface area contributed by atoms with Crippen molar-refractivity contribution in [3.63, 3.8) is 0 Å². The molecule has 5 nitrogen and oxygen atoms in total. The summed E-state index contributed by atoms with van der Waals surface area (Å²) in [5.41, 5.74) is 1.26. The van der Waals surface area contributed by atoms with Crippen molar-refractivity contribution in [3.8, 4) is 0 Å². The van der Waals surface area contributed by atoms with Crippen molar-refractivity contribution in [2.24, 2.45) is 0 Å². The third-order valence-corrected chi connectivity index (χ3v) is 3.14. The Morgan fingerprint density at radius 1 is 1.39 bits per heavy atom. The number of ether oxygens (including phenoxy) is 1. The first-order chi connectivity index (χ1) is 8.72. The van der Waals surface area contributed by atoms with E-state index in [1.165, 1.54) is 7.11 Å². The third kappa shape index (κ3) is 2.79. The summed E-state index contributed by atoms with van der Waals surface area (Å²) in [6.45, 7) is 5.81. The first kappa shape index (κ1) is 12.8. The van der Waals surface area contributed by atoms with E-state index in [2.05, 4.69) is 15.2 Å². The summed E-state index contributed by atoms with van der Waals surface area (Å²) in [6, 6.07) is 3.69. The molecule has 0 atom stereocenters. The van der Waals surface area contributed by atoms with Crippen LogP contribution in [-0.2, 0) is 4.74 Å². The van der Waals surface area contributed by atoms with Gasteiger partial charge in [-0.15, -0.1) is 0 Å². The number of carbonyl (C=O) groups is 1. The van der Waals surface area contributed by atoms with Gasteiger partial charge < -0.3 is 15.0 Å². The maximum atomic E-state index is 11.5. The molecule has 98 valence electrons. The summed E-state index contributed by atoms with van der Waals surface area (Å²) in [7, 11) is 1.39. The normalized spacial score (nSPS) is 16.2. The maximum absolute atomic E-state index is 11.5. The lowest BCUT2D eigenvalue weighted by Crippen LogP contribution is -2.28. The number of nitrogens with one attached hydrogen (secondary N) is 1. The molecule has 1 saturated heterocycles. The van der Waals surface area contributed by atoms with Crippen LogP contribution >= 0.6 is 0 Å². The zero-order valence-electron chi connectivity index (χ0n) is 10.9. The lowest BCUT2D eigenvalue weighted by atomic mass is 10.2. The van der Waals surface area contributed by atoms with Crippen LogP contribution in [0.15, 0.2) is 12.1 Å². The Bertz CT molecular complexity index is 426. The van der Waals surface area contributed by atoms with E-state index >= 15 is 0 Å². The minimum atomic E-state index is -0.330. The van der Waals surface area contributed by atoms with E-state index in [0.29, 0.717) is 5.56 Å². The molecule has 2 rings (SSSR count). The summed E-state index contributed by atoms with van der Waals surface area (Å²) >= 11 is 0. The van der Waals surface area contributed by atoms with Gasteiger partial charge >= 0.3 is 5.97 Å². The second-order valence-electron chi connectivity index (χ2n) is 4.38. The predicted molar refractivity (Wildman–Crippen MR) is 70.0 cm³/mol. The molecule has 0 aromatic carbocycles. The van der Waals surface area contributed by atoms with Crippen molar-refractivity contribution in [2.45, 2.75) is 13.3 Å². The summed E-state index contributed by atoms with van der Waals surface area (Å²) in [4.78, 5) is 18.2. The van der Waals surface area contributed by atoms with Gasteiger partial charge in [0.2, 0.25) is 0 Å². The minimum absolute atomic E-state index is 0.330. The van der Waals surface area contributed by atoms with E-state index in [4.69, 9.17) is 4.74 Å². The highest BCUT2D eigenvalue weighted by molar-refractivity contribution is 5.90. The second-order valence-corrected chi connectivity index (χ2v) is 4.38. The number of methoxy groups -OCH3 is 1. The molecular formula is C13H19N3O2. The minimum Gasteiger partial charge on any atom is -0.465 e. The molecule has 0 bridgehead atoms. The van der Waals surface area contributed by atoms with Gasteiger partial charge in [-0.25, -0.2) is 9.78 Å². The first-order valence-electron chi connectivity index (χ1n) is 6.24. The number of esters is 1. The first-order valence-corrected chi connectivity index (χ1v) is 6.24. The molecule has 0 radical (unpaired) electrons. The smallest absolute Gasteiger partial charge is 0.339 e. The molecule has 1 aromatic rings. The summed E-state index contributed by atoms with van der Waals surface area (Å²) in [6.07, 6.45) is 1.11. The molecule has 0 amide bonds. The van der Waals surface area contributed by atoms with Crippen molar-refractivity contribution in [1.82, 2.24) is 10.3 Å². The van der Waals surface area contributed by atoms with E-state index in [9.17, 15) is 4.79 Å². The number of anilines is 1. The van der Waals surface area contributed by atoms with Gasteiger partial charge in [0.1, 0.15) is 5.82 Å². The van der Waals surface area contributed by atoms with Crippen molar-refractivity contribution < 1.29 is 9.53 Å². The van der Waals surface area contributed by atoms with Gasteiger partial charge in [0.15, 0.2) is 0 Å². The summed E-state index contributed by atoms with van der Waals surface area (Å²) in [5.74, 6) is 0.605. The Kier molecular flexibility index (Phi) is 4.15. The van der Waals surface area contributed by atoms with Gasteiger partial charge in [-0.2, -0.15) is 0 Å². The van der Waals surface area contributed by atoms with Gasteiger partial charge in [-0.05, 0) is 32.0 Å². The molecule has 1 aliphatic rings. The lowest BCUT2D eigenvalue weighted by Gasteiger charge is -2.21. The SMILES string of the molecule is COC(=O)c1ccc(N2CCCNCC2)nc1C. The molecule has 1 aromatic heterocycles. The fourth-order valence-electron chi connectivity index (χ4n) is 2.12.